The number of aliphatic carboxylic acids is 1. The summed E-state index contributed by atoms with van der Waals surface area (Å²) in [5.41, 5.74) is 3.42. The van der Waals surface area contributed by atoms with Crippen LogP contribution >= 0.6 is 0 Å². The van der Waals surface area contributed by atoms with Crippen molar-refractivity contribution in [1.29, 1.82) is 0 Å². The first-order valence-electron chi connectivity index (χ1n) is 5.89. The maximum Gasteiger partial charge on any atom is 0.382 e. The van der Waals surface area contributed by atoms with Gasteiger partial charge in [-0.1, -0.05) is 5.92 Å². The summed E-state index contributed by atoms with van der Waals surface area (Å²) in [4.78, 5) is 21.3. The lowest BCUT2D eigenvalue weighted by Crippen LogP contribution is -1.99. The van der Waals surface area contributed by atoms with Gasteiger partial charge in [-0.3, -0.25) is 4.79 Å². The summed E-state index contributed by atoms with van der Waals surface area (Å²) in [6.07, 6.45) is 0.793. The van der Waals surface area contributed by atoms with Gasteiger partial charge in [-0.2, -0.15) is 5.10 Å². The molecule has 0 radical (unpaired) electrons. The van der Waals surface area contributed by atoms with Crippen LogP contribution in [0.25, 0.3) is 5.69 Å². The highest BCUT2D eigenvalue weighted by Gasteiger charge is 2.11. The Bertz CT molecular complexity index is 731. The third-order valence-electron chi connectivity index (χ3n) is 2.89. The Morgan fingerprint density at radius 1 is 1.30 bits per heavy atom. The summed E-state index contributed by atoms with van der Waals surface area (Å²) in [5.74, 6) is 3.42. The molecule has 0 atom stereocenters. The van der Waals surface area contributed by atoms with Crippen molar-refractivity contribution in [1.82, 2.24) is 9.78 Å². The fourth-order valence-corrected chi connectivity index (χ4v) is 1.89. The van der Waals surface area contributed by atoms with Crippen LogP contribution in [0.4, 0.5) is 0 Å². The number of rotatable bonds is 2. The first-order valence-corrected chi connectivity index (χ1v) is 5.89. The van der Waals surface area contributed by atoms with Gasteiger partial charge in [-0.05, 0) is 38.1 Å². The molecule has 0 fully saturated rings. The van der Waals surface area contributed by atoms with Crippen molar-refractivity contribution in [2.75, 3.05) is 0 Å². The molecule has 0 saturated carbocycles. The standard InChI is InChI=1S/C15H12N2O3/c1-10-14(9-18)11(2)17(16-10)13-6-3-12(4-7-13)5-8-15(19)20/h3-4,6-7,9H,1-2H3,(H,19,20). The molecular weight excluding hydrogens is 256 g/mol. The van der Waals surface area contributed by atoms with E-state index < -0.39 is 5.97 Å². The molecule has 0 unspecified atom stereocenters. The average Bonchev–Trinajstić information content (AvgIpc) is 2.72. The number of aryl methyl sites for hydroxylation is 1. The number of benzene rings is 1. The van der Waals surface area contributed by atoms with Crippen molar-refractivity contribution in [3.8, 4) is 17.5 Å². The number of carbonyl (C=O) groups is 2. The molecule has 0 bridgehead atoms. The maximum atomic E-state index is 11.0. The van der Waals surface area contributed by atoms with Gasteiger partial charge >= 0.3 is 5.97 Å². The zero-order valence-corrected chi connectivity index (χ0v) is 11.0. The molecule has 1 N–H and O–H groups in total. The lowest BCUT2D eigenvalue weighted by Gasteiger charge is -2.04. The summed E-state index contributed by atoms with van der Waals surface area (Å²) in [6, 6.07) is 6.98. The van der Waals surface area contributed by atoms with Crippen LogP contribution in [0.15, 0.2) is 24.3 Å². The smallest absolute Gasteiger partial charge is 0.382 e. The highest BCUT2D eigenvalue weighted by Crippen LogP contribution is 2.16. The van der Waals surface area contributed by atoms with E-state index in [0.29, 0.717) is 16.8 Å². The molecule has 0 aliphatic rings. The van der Waals surface area contributed by atoms with Gasteiger partial charge < -0.3 is 5.11 Å². The van der Waals surface area contributed by atoms with Gasteiger partial charge in [0.25, 0.3) is 0 Å². The van der Waals surface area contributed by atoms with Crippen LogP contribution in [0.1, 0.15) is 27.3 Å². The second kappa shape index (κ2) is 5.41. The summed E-state index contributed by atoms with van der Waals surface area (Å²) in [7, 11) is 0. The first-order chi connectivity index (χ1) is 9.52. The highest BCUT2D eigenvalue weighted by molar-refractivity contribution is 5.87. The van der Waals surface area contributed by atoms with Crippen LogP contribution in [0.5, 0.6) is 0 Å². The molecule has 20 heavy (non-hydrogen) atoms. The Hall–Kier alpha value is -2.87. The average molecular weight is 268 g/mol. The summed E-state index contributed by atoms with van der Waals surface area (Å²) < 4.78 is 1.67. The fourth-order valence-electron chi connectivity index (χ4n) is 1.89. The topological polar surface area (TPSA) is 72.2 Å². The minimum atomic E-state index is -1.16. The number of carbonyl (C=O) groups excluding carboxylic acids is 1. The van der Waals surface area contributed by atoms with Crippen LogP contribution in [-0.4, -0.2) is 27.1 Å². The third-order valence-corrected chi connectivity index (χ3v) is 2.89. The molecule has 100 valence electrons. The molecule has 0 amide bonds. The van der Waals surface area contributed by atoms with Gasteiger partial charge in [0.15, 0.2) is 6.29 Å². The molecule has 0 spiro atoms. The molecule has 0 aliphatic heterocycles. The van der Waals surface area contributed by atoms with Crippen molar-refractivity contribution in [2.45, 2.75) is 13.8 Å². The van der Waals surface area contributed by atoms with Crippen molar-refractivity contribution in [3.05, 3.63) is 46.8 Å². The molecular formula is C15H12N2O3. The van der Waals surface area contributed by atoms with E-state index >= 15 is 0 Å². The molecule has 2 aromatic rings. The second-order valence-corrected chi connectivity index (χ2v) is 4.22. The highest BCUT2D eigenvalue weighted by atomic mass is 16.4. The van der Waals surface area contributed by atoms with Crippen molar-refractivity contribution < 1.29 is 14.7 Å². The van der Waals surface area contributed by atoms with Crippen LogP contribution in [-0.2, 0) is 4.79 Å². The van der Waals surface area contributed by atoms with E-state index in [1.807, 2.05) is 6.92 Å². The number of hydrogen-bond acceptors (Lipinski definition) is 3. The summed E-state index contributed by atoms with van der Waals surface area (Å²) in [6.45, 7) is 3.60. The number of hydrogen-bond donors (Lipinski definition) is 1. The van der Waals surface area contributed by atoms with Crippen LogP contribution in [0, 0.1) is 25.7 Å². The van der Waals surface area contributed by atoms with E-state index in [0.717, 1.165) is 17.7 Å². The normalized spacial score (nSPS) is 9.70. The second-order valence-electron chi connectivity index (χ2n) is 4.22. The van der Waals surface area contributed by atoms with Crippen LogP contribution in [0.2, 0.25) is 0 Å². The monoisotopic (exact) mass is 268 g/mol. The predicted molar refractivity (Wildman–Crippen MR) is 72.9 cm³/mol. The lowest BCUT2D eigenvalue weighted by molar-refractivity contribution is -0.130. The SMILES string of the molecule is Cc1nn(-c2ccc(C#CC(=O)O)cc2)c(C)c1C=O. The molecule has 1 aromatic carbocycles. The largest absolute Gasteiger partial charge is 0.472 e. The van der Waals surface area contributed by atoms with E-state index in [4.69, 9.17) is 5.11 Å². The number of aldehydes is 1. The Morgan fingerprint density at radius 2 is 1.95 bits per heavy atom. The lowest BCUT2D eigenvalue weighted by atomic mass is 10.2. The van der Waals surface area contributed by atoms with Crippen molar-refractivity contribution >= 4 is 12.3 Å². The number of nitrogens with zero attached hydrogens (tertiary/aromatic N) is 2. The summed E-state index contributed by atoms with van der Waals surface area (Å²) in [5, 5.41) is 12.8. The first kappa shape index (κ1) is 13.6. The third kappa shape index (κ3) is 2.59. The van der Waals surface area contributed by atoms with Crippen LogP contribution < -0.4 is 0 Å². The number of aromatic nitrogens is 2. The van der Waals surface area contributed by atoms with Gasteiger partial charge in [-0.15, -0.1) is 0 Å². The Labute approximate surface area is 115 Å². The molecule has 0 aliphatic carbocycles. The predicted octanol–water partition coefficient (Wildman–Crippen LogP) is 1.74. The van der Waals surface area contributed by atoms with Gasteiger partial charge in [0.1, 0.15) is 0 Å². The maximum absolute atomic E-state index is 11.0. The van der Waals surface area contributed by atoms with E-state index in [9.17, 15) is 9.59 Å². The molecule has 2 rings (SSSR count). The number of carboxylic acids is 1. The molecule has 1 aromatic heterocycles. The van der Waals surface area contributed by atoms with E-state index in [1.165, 1.54) is 0 Å². The van der Waals surface area contributed by atoms with E-state index in [1.54, 1.807) is 35.9 Å². The fraction of sp³-hybridized carbons (Fsp3) is 0.133. The molecule has 5 heteroatoms. The Balaban J connectivity index is 2.39. The zero-order valence-electron chi connectivity index (χ0n) is 11.0. The van der Waals surface area contributed by atoms with E-state index in [2.05, 4.69) is 16.9 Å². The van der Waals surface area contributed by atoms with Crippen molar-refractivity contribution in [3.63, 3.8) is 0 Å². The quantitative estimate of drug-likeness (QED) is 0.665. The van der Waals surface area contributed by atoms with Gasteiger partial charge in [0.05, 0.1) is 22.6 Å². The van der Waals surface area contributed by atoms with Crippen molar-refractivity contribution in [2.24, 2.45) is 0 Å². The summed E-state index contributed by atoms with van der Waals surface area (Å²) >= 11 is 0. The number of carboxylic acid groups (broad SMARTS) is 1. The molecule has 0 saturated heterocycles. The van der Waals surface area contributed by atoms with Gasteiger partial charge in [-0.25, -0.2) is 9.48 Å². The molecule has 5 nitrogen and oxygen atoms in total. The van der Waals surface area contributed by atoms with Gasteiger partial charge in [0.2, 0.25) is 0 Å². The Kier molecular flexibility index (Phi) is 3.67. The minimum absolute atomic E-state index is 0.583. The van der Waals surface area contributed by atoms with E-state index in [-0.39, 0.29) is 0 Å². The van der Waals surface area contributed by atoms with Crippen LogP contribution in [0.3, 0.4) is 0 Å². The molecule has 1 heterocycles. The zero-order chi connectivity index (χ0) is 14.7. The Morgan fingerprint density at radius 3 is 2.45 bits per heavy atom. The minimum Gasteiger partial charge on any atom is -0.472 e. The van der Waals surface area contributed by atoms with Gasteiger partial charge in [0, 0.05) is 11.5 Å².